The van der Waals surface area contributed by atoms with E-state index in [0.717, 1.165) is 29.5 Å². The number of carbonyl (C=O) groups is 1. The summed E-state index contributed by atoms with van der Waals surface area (Å²) in [6.07, 6.45) is 4.90. The number of aromatic nitrogens is 2. The number of sulfone groups is 1. The maximum atomic E-state index is 11.6. The molecule has 2 aromatic heterocycles. The van der Waals surface area contributed by atoms with Gasteiger partial charge in [0.15, 0.2) is 21.2 Å². The lowest BCUT2D eigenvalue weighted by atomic mass is 9.90. The van der Waals surface area contributed by atoms with Gasteiger partial charge in [0, 0.05) is 31.5 Å². The molecule has 0 saturated carbocycles. The third-order valence-electron chi connectivity index (χ3n) is 5.40. The fourth-order valence-corrected chi connectivity index (χ4v) is 4.34. The van der Waals surface area contributed by atoms with E-state index in [4.69, 9.17) is 9.52 Å². The van der Waals surface area contributed by atoms with E-state index >= 15 is 0 Å². The molecular formula is C20H22N4O5S. The Balaban J connectivity index is 1.49. The van der Waals surface area contributed by atoms with Gasteiger partial charge in [-0.2, -0.15) is 0 Å². The minimum Gasteiger partial charge on any atom is -0.465 e. The Hall–Kier alpha value is -3.14. The summed E-state index contributed by atoms with van der Waals surface area (Å²) in [6, 6.07) is 6.67. The zero-order valence-electron chi connectivity index (χ0n) is 16.4. The van der Waals surface area contributed by atoms with E-state index in [2.05, 4.69) is 15.3 Å². The van der Waals surface area contributed by atoms with E-state index in [-0.39, 0.29) is 10.8 Å². The smallest absolute Gasteiger partial charge is 0.407 e. The topological polar surface area (TPSA) is 126 Å². The normalized spacial score (nSPS) is 15.4. The molecule has 30 heavy (non-hydrogen) atoms. The van der Waals surface area contributed by atoms with Crippen molar-refractivity contribution in [1.29, 1.82) is 0 Å². The third-order valence-corrected chi connectivity index (χ3v) is 6.53. The summed E-state index contributed by atoms with van der Waals surface area (Å²) in [6.45, 7) is 1.43. The largest absolute Gasteiger partial charge is 0.465 e. The highest BCUT2D eigenvalue weighted by molar-refractivity contribution is 7.90. The monoisotopic (exact) mass is 430 g/mol. The average Bonchev–Trinajstić information content (AvgIpc) is 3.17. The summed E-state index contributed by atoms with van der Waals surface area (Å²) in [5.41, 5.74) is 3.16. The Morgan fingerprint density at radius 2 is 1.93 bits per heavy atom. The fraction of sp³-hybridized carbons (Fsp3) is 0.350. The summed E-state index contributed by atoms with van der Waals surface area (Å²) in [7, 11) is -3.22. The first-order valence-corrected chi connectivity index (χ1v) is 11.4. The van der Waals surface area contributed by atoms with Gasteiger partial charge >= 0.3 is 6.09 Å². The van der Waals surface area contributed by atoms with Crippen LogP contribution in [0.15, 0.2) is 46.2 Å². The quantitative estimate of drug-likeness (QED) is 0.632. The van der Waals surface area contributed by atoms with Crippen molar-refractivity contribution >= 4 is 32.8 Å². The van der Waals surface area contributed by atoms with Crippen LogP contribution in [0, 0.1) is 0 Å². The zero-order chi connectivity index (χ0) is 21.3. The van der Waals surface area contributed by atoms with E-state index in [1.54, 1.807) is 30.5 Å². The van der Waals surface area contributed by atoms with Crippen molar-refractivity contribution in [2.75, 3.05) is 24.7 Å². The van der Waals surface area contributed by atoms with Crippen LogP contribution in [0.25, 0.3) is 11.1 Å². The molecule has 0 radical (unpaired) electrons. The maximum absolute atomic E-state index is 11.6. The van der Waals surface area contributed by atoms with Crippen LogP contribution < -0.4 is 5.32 Å². The first-order valence-electron chi connectivity index (χ1n) is 9.56. The molecule has 0 bridgehead atoms. The highest BCUT2D eigenvalue weighted by Crippen LogP contribution is 2.35. The number of likely N-dealkylation sites (tertiary alicyclic amines) is 1. The average molecular weight is 430 g/mol. The molecular weight excluding hydrogens is 408 g/mol. The highest BCUT2D eigenvalue weighted by atomic mass is 32.2. The standard InChI is InChI=1S/C20H22N4O5S/c1-30(27,28)15-4-2-13(3-5-15)10-21-19-18-17(22-12-23-19)16(11-29-18)14-6-8-24(9-7-14)20(25)26/h2-5,11-12,14H,6-10H2,1H3,(H,25,26)(H,21,22,23). The molecule has 3 heterocycles. The van der Waals surface area contributed by atoms with Crippen molar-refractivity contribution in [2.45, 2.75) is 30.2 Å². The molecule has 0 spiro atoms. The predicted octanol–water partition coefficient (Wildman–Crippen LogP) is 3.10. The first kappa shape index (κ1) is 20.1. The summed E-state index contributed by atoms with van der Waals surface area (Å²) in [4.78, 5) is 21.5. The number of nitrogens with zero attached hydrogens (tertiary/aromatic N) is 3. The summed E-state index contributed by atoms with van der Waals surface area (Å²) in [5.74, 6) is 0.745. The maximum Gasteiger partial charge on any atom is 0.407 e. The van der Waals surface area contributed by atoms with Gasteiger partial charge in [-0.3, -0.25) is 0 Å². The van der Waals surface area contributed by atoms with Gasteiger partial charge in [0.1, 0.15) is 11.8 Å². The molecule has 1 aliphatic heterocycles. The van der Waals surface area contributed by atoms with E-state index < -0.39 is 15.9 Å². The van der Waals surface area contributed by atoms with E-state index in [1.807, 2.05) is 0 Å². The predicted molar refractivity (Wildman–Crippen MR) is 110 cm³/mol. The van der Waals surface area contributed by atoms with E-state index in [0.29, 0.717) is 31.0 Å². The number of amides is 1. The lowest BCUT2D eigenvalue weighted by Crippen LogP contribution is -2.36. The van der Waals surface area contributed by atoms with Crippen molar-refractivity contribution in [2.24, 2.45) is 0 Å². The van der Waals surface area contributed by atoms with Crippen LogP contribution in [0.5, 0.6) is 0 Å². The fourth-order valence-electron chi connectivity index (χ4n) is 3.71. The van der Waals surface area contributed by atoms with Gasteiger partial charge in [0.2, 0.25) is 0 Å². The van der Waals surface area contributed by atoms with Crippen LogP contribution in [0.4, 0.5) is 10.6 Å². The number of rotatable bonds is 5. The van der Waals surface area contributed by atoms with E-state index in [1.165, 1.54) is 17.5 Å². The van der Waals surface area contributed by atoms with Crippen LogP contribution in [0.1, 0.15) is 29.9 Å². The highest BCUT2D eigenvalue weighted by Gasteiger charge is 2.27. The summed E-state index contributed by atoms with van der Waals surface area (Å²) in [5, 5.41) is 12.3. The van der Waals surface area contributed by atoms with Gasteiger partial charge in [0.25, 0.3) is 0 Å². The molecule has 4 rings (SSSR count). The number of furan rings is 1. The number of hydrogen-bond acceptors (Lipinski definition) is 7. The van der Waals surface area contributed by atoms with Crippen LogP contribution >= 0.6 is 0 Å². The molecule has 2 N–H and O–H groups in total. The number of anilines is 1. The number of carboxylic acid groups (broad SMARTS) is 1. The SMILES string of the molecule is CS(=O)(=O)c1ccc(CNc2ncnc3c(C4CCN(C(=O)O)CC4)coc23)cc1. The first-order chi connectivity index (χ1) is 14.3. The van der Waals surface area contributed by atoms with Crippen molar-refractivity contribution in [3.8, 4) is 0 Å². The van der Waals surface area contributed by atoms with Crippen molar-refractivity contribution < 1.29 is 22.7 Å². The van der Waals surface area contributed by atoms with Gasteiger partial charge in [-0.25, -0.2) is 23.2 Å². The van der Waals surface area contributed by atoms with Gasteiger partial charge < -0.3 is 19.7 Å². The van der Waals surface area contributed by atoms with Crippen molar-refractivity contribution in [1.82, 2.24) is 14.9 Å². The minimum atomic E-state index is -3.22. The molecule has 0 aliphatic carbocycles. The van der Waals surface area contributed by atoms with Crippen molar-refractivity contribution in [3.63, 3.8) is 0 Å². The molecule has 1 saturated heterocycles. The second kappa shape index (κ2) is 7.94. The Morgan fingerprint density at radius 3 is 2.57 bits per heavy atom. The summed E-state index contributed by atoms with van der Waals surface area (Å²) < 4.78 is 28.9. The number of fused-ring (bicyclic) bond motifs is 1. The van der Waals surface area contributed by atoms with Gasteiger partial charge in [0.05, 0.1) is 11.2 Å². The molecule has 10 heteroatoms. The molecule has 1 aliphatic rings. The zero-order valence-corrected chi connectivity index (χ0v) is 17.2. The van der Waals surface area contributed by atoms with Crippen LogP contribution in [0.3, 0.4) is 0 Å². The third kappa shape index (κ3) is 4.09. The molecule has 1 fully saturated rings. The molecule has 0 atom stereocenters. The number of hydrogen-bond donors (Lipinski definition) is 2. The molecule has 1 amide bonds. The van der Waals surface area contributed by atoms with Crippen molar-refractivity contribution in [3.05, 3.63) is 48.0 Å². The minimum absolute atomic E-state index is 0.188. The van der Waals surface area contributed by atoms with E-state index in [9.17, 15) is 13.2 Å². The van der Waals surface area contributed by atoms with Crippen LogP contribution in [-0.2, 0) is 16.4 Å². The Labute approximate surface area is 173 Å². The molecule has 0 unspecified atom stereocenters. The van der Waals surface area contributed by atoms with Gasteiger partial charge in [-0.05, 0) is 36.5 Å². The van der Waals surface area contributed by atoms with Gasteiger partial charge in [-0.15, -0.1) is 0 Å². The number of piperidine rings is 1. The second-order valence-electron chi connectivity index (χ2n) is 7.40. The summed E-state index contributed by atoms with van der Waals surface area (Å²) >= 11 is 0. The van der Waals surface area contributed by atoms with Crippen LogP contribution in [0.2, 0.25) is 0 Å². The molecule has 158 valence electrons. The molecule has 3 aromatic rings. The lowest BCUT2D eigenvalue weighted by molar-refractivity contribution is 0.132. The number of benzene rings is 1. The lowest BCUT2D eigenvalue weighted by Gasteiger charge is -2.29. The Morgan fingerprint density at radius 1 is 1.23 bits per heavy atom. The number of nitrogens with one attached hydrogen (secondary N) is 1. The Bertz CT molecular complexity index is 1170. The Kier molecular flexibility index (Phi) is 5.33. The second-order valence-corrected chi connectivity index (χ2v) is 9.42. The van der Waals surface area contributed by atoms with Gasteiger partial charge in [-0.1, -0.05) is 12.1 Å². The molecule has 1 aromatic carbocycles. The van der Waals surface area contributed by atoms with Crippen LogP contribution in [-0.4, -0.2) is 53.8 Å². The molecule has 9 nitrogen and oxygen atoms in total.